The van der Waals surface area contributed by atoms with Crippen molar-refractivity contribution in [2.75, 3.05) is 25.0 Å². The Kier molecular flexibility index (Phi) is 10.2. The molecule has 2 aromatic heterocycles. The van der Waals surface area contributed by atoms with Crippen LogP contribution in [0.2, 0.25) is 0 Å². The van der Waals surface area contributed by atoms with Gasteiger partial charge in [0.25, 0.3) is 5.91 Å². The number of aromatic nitrogens is 3. The maximum Gasteiger partial charge on any atom is 0.270 e. The Labute approximate surface area is 243 Å². The van der Waals surface area contributed by atoms with Crippen LogP contribution in [0.3, 0.4) is 0 Å². The molecule has 1 aliphatic heterocycles. The molecule has 10 nitrogen and oxygen atoms in total. The number of benzene rings is 1. The summed E-state index contributed by atoms with van der Waals surface area (Å²) in [7, 11) is 0. The molecule has 12 heteroatoms. The van der Waals surface area contributed by atoms with E-state index in [-0.39, 0.29) is 25.9 Å². The average molecular weight is 620 g/mol. The van der Waals surface area contributed by atoms with Gasteiger partial charge in [-0.05, 0) is 59.3 Å². The largest absolute Gasteiger partial charge is 0.484 e. The molecule has 1 fully saturated rings. The minimum Gasteiger partial charge on any atom is -0.484 e. The normalized spacial score (nSPS) is 16.3. The molecule has 0 saturated heterocycles. The van der Waals surface area contributed by atoms with Crippen molar-refractivity contribution in [3.63, 3.8) is 0 Å². The molecule has 3 aromatic rings. The smallest absolute Gasteiger partial charge is 0.270 e. The van der Waals surface area contributed by atoms with Crippen molar-refractivity contribution in [2.24, 2.45) is 0 Å². The van der Waals surface area contributed by atoms with Crippen LogP contribution < -0.4 is 15.4 Å². The van der Waals surface area contributed by atoms with Gasteiger partial charge in [-0.2, -0.15) is 13.5 Å². The summed E-state index contributed by atoms with van der Waals surface area (Å²) >= 11 is 3.71. The second-order valence-corrected chi connectivity index (χ2v) is 10.7. The van der Waals surface area contributed by atoms with Crippen molar-refractivity contribution < 1.29 is 19.1 Å². The molecule has 3 heterocycles. The summed E-state index contributed by atoms with van der Waals surface area (Å²) < 4.78 is 12.3. The minimum atomic E-state index is -0.699. The number of carbonyl (C=O) groups is 1. The number of aryl methyl sites for hydroxylation is 1. The number of carbonyl (C=O) groups excluding carboxylic acids is 1. The second kappa shape index (κ2) is 13.6. The Balaban J connectivity index is 0.00000353. The summed E-state index contributed by atoms with van der Waals surface area (Å²) in [6.07, 6.45) is 7.62. The van der Waals surface area contributed by atoms with Gasteiger partial charge in [0.15, 0.2) is 12.2 Å². The highest BCUT2D eigenvalue weighted by molar-refractivity contribution is 9.10. The number of rotatable bonds is 10. The fourth-order valence-corrected chi connectivity index (χ4v) is 5.73. The number of aliphatic hydroxyl groups excluding tert-OH is 1. The van der Waals surface area contributed by atoms with E-state index >= 15 is 0 Å². The maximum absolute atomic E-state index is 12.6. The minimum absolute atomic E-state index is 0. The number of halogens is 1. The first-order chi connectivity index (χ1) is 18.5. The van der Waals surface area contributed by atoms with Crippen molar-refractivity contribution in [1.82, 2.24) is 25.2 Å². The third-order valence-electron chi connectivity index (χ3n) is 7.15. The van der Waals surface area contributed by atoms with Gasteiger partial charge < -0.3 is 24.9 Å². The highest BCUT2D eigenvalue weighted by Crippen LogP contribution is 2.35. The van der Waals surface area contributed by atoms with Crippen molar-refractivity contribution >= 4 is 41.2 Å². The van der Waals surface area contributed by atoms with Crippen LogP contribution in [0.1, 0.15) is 58.8 Å². The number of fused-ring (bicyclic) bond motifs is 1. The fourth-order valence-electron chi connectivity index (χ4n) is 5.03. The molecule has 1 saturated carbocycles. The number of ether oxygens (including phenoxy) is 1. The van der Waals surface area contributed by atoms with Crippen molar-refractivity contribution in [3.8, 4) is 5.75 Å². The van der Waals surface area contributed by atoms with Gasteiger partial charge in [0.05, 0.1) is 16.3 Å². The van der Waals surface area contributed by atoms with E-state index in [0.29, 0.717) is 43.0 Å². The molecule has 0 bridgehead atoms. The van der Waals surface area contributed by atoms with Crippen LogP contribution in [-0.2, 0) is 19.6 Å². The molecule has 1 atom stereocenters. The zero-order chi connectivity index (χ0) is 26.5. The van der Waals surface area contributed by atoms with E-state index in [0.717, 1.165) is 41.7 Å². The molecule has 2 aliphatic rings. The maximum atomic E-state index is 12.6. The molecule has 1 aromatic carbocycles. The van der Waals surface area contributed by atoms with Crippen LogP contribution in [0, 0.1) is 6.92 Å². The van der Waals surface area contributed by atoms with Crippen molar-refractivity contribution in [3.05, 3.63) is 63.7 Å². The van der Waals surface area contributed by atoms with Gasteiger partial charge in [0.2, 0.25) is 0 Å². The number of nitrogens with zero attached hydrogens (tertiary/aromatic N) is 4. The predicted molar refractivity (Wildman–Crippen MR) is 155 cm³/mol. The third-order valence-corrected chi connectivity index (χ3v) is 8.02. The third kappa shape index (κ3) is 7.50. The number of nitrogens with one attached hydrogen (secondary N) is 2. The van der Waals surface area contributed by atoms with Gasteiger partial charge >= 0.3 is 0 Å². The van der Waals surface area contributed by atoms with Crippen LogP contribution in [0.25, 0.3) is 0 Å². The first-order valence-corrected chi connectivity index (χ1v) is 13.8. The number of hydrogen-bond acceptors (Lipinski definition) is 9. The fraction of sp³-hybridized carbons (Fsp3) is 0.481. The number of oxazole rings is 1. The summed E-state index contributed by atoms with van der Waals surface area (Å²) in [6, 6.07) is 6.09. The van der Waals surface area contributed by atoms with Crippen LogP contribution in [0.4, 0.5) is 5.82 Å². The first kappa shape index (κ1) is 29.3. The highest BCUT2D eigenvalue weighted by atomic mass is 79.9. The summed E-state index contributed by atoms with van der Waals surface area (Å²) in [4.78, 5) is 27.3. The van der Waals surface area contributed by atoms with Crippen molar-refractivity contribution in [1.29, 1.82) is 0 Å². The van der Waals surface area contributed by atoms with E-state index in [2.05, 4.69) is 52.5 Å². The zero-order valence-electron chi connectivity index (χ0n) is 22.0. The van der Waals surface area contributed by atoms with E-state index in [9.17, 15) is 9.90 Å². The SMILES string of the molecule is Cc1ncoc1COc1ccc2c(c1Br)CCN(C[C@@H](O)CNC(=O)c1cc(NC3CCCC3)ncn1)C2.S. The Hall–Kier alpha value is -2.67. The molecule has 1 aliphatic carbocycles. The monoisotopic (exact) mass is 618 g/mol. The molecule has 1 amide bonds. The molecule has 3 N–H and O–H groups in total. The van der Waals surface area contributed by atoms with Crippen LogP contribution in [-0.4, -0.2) is 62.6 Å². The van der Waals surface area contributed by atoms with Gasteiger partial charge in [0.1, 0.15) is 30.2 Å². The second-order valence-electron chi connectivity index (χ2n) is 9.93. The molecule has 5 rings (SSSR count). The van der Waals surface area contributed by atoms with E-state index in [4.69, 9.17) is 9.15 Å². The highest BCUT2D eigenvalue weighted by Gasteiger charge is 2.23. The lowest BCUT2D eigenvalue weighted by Gasteiger charge is -2.31. The molecule has 39 heavy (non-hydrogen) atoms. The lowest BCUT2D eigenvalue weighted by Crippen LogP contribution is -2.42. The zero-order valence-corrected chi connectivity index (χ0v) is 24.5. The van der Waals surface area contributed by atoms with Crippen LogP contribution >= 0.6 is 29.4 Å². The van der Waals surface area contributed by atoms with E-state index in [1.807, 2.05) is 13.0 Å². The van der Waals surface area contributed by atoms with Gasteiger partial charge in [0, 0.05) is 38.3 Å². The van der Waals surface area contributed by atoms with Crippen molar-refractivity contribution in [2.45, 2.75) is 64.3 Å². The first-order valence-electron chi connectivity index (χ1n) is 13.1. The quantitative estimate of drug-likeness (QED) is 0.311. The standard InChI is InChI=1S/C27H33BrN6O4.H2S/c1-17-24(38-16-32-17)14-37-23-7-6-18-12-34(9-8-21(18)26(23)28)13-20(35)11-29-27(36)22-10-25(31-15-30-22)33-19-4-2-3-5-19;/h6-7,10,15-16,19-20,35H,2-5,8-9,11-14H2,1H3,(H,29,36)(H,30,31,33);1H2/t20-;/m0./s1. The average Bonchev–Trinajstić information content (AvgIpc) is 3.58. The molecule has 0 radical (unpaired) electrons. The molecule has 0 spiro atoms. The van der Waals surface area contributed by atoms with Gasteiger partial charge in [-0.15, -0.1) is 0 Å². The number of hydrogen-bond donors (Lipinski definition) is 3. The molecular formula is C27H35BrN6O4S. The Bertz CT molecular complexity index is 1270. The summed E-state index contributed by atoms with van der Waals surface area (Å²) in [5.74, 6) is 1.82. The van der Waals surface area contributed by atoms with E-state index < -0.39 is 6.10 Å². The molecule has 0 unspecified atom stereocenters. The predicted octanol–water partition coefficient (Wildman–Crippen LogP) is 3.73. The Morgan fingerprint density at radius 3 is 2.87 bits per heavy atom. The Morgan fingerprint density at radius 1 is 1.28 bits per heavy atom. The van der Waals surface area contributed by atoms with Crippen LogP contribution in [0.15, 0.2) is 39.8 Å². The summed E-state index contributed by atoms with van der Waals surface area (Å²) in [6.45, 7) is 4.32. The molecule has 210 valence electrons. The lowest BCUT2D eigenvalue weighted by molar-refractivity contribution is 0.0837. The number of anilines is 1. The van der Waals surface area contributed by atoms with Gasteiger partial charge in [-0.25, -0.2) is 15.0 Å². The van der Waals surface area contributed by atoms with Crippen LogP contribution in [0.5, 0.6) is 5.75 Å². The number of amides is 1. The molecular weight excluding hydrogens is 584 g/mol. The van der Waals surface area contributed by atoms with Gasteiger partial charge in [-0.3, -0.25) is 9.69 Å². The van der Waals surface area contributed by atoms with Gasteiger partial charge in [-0.1, -0.05) is 18.9 Å². The topological polar surface area (TPSA) is 126 Å². The number of β-amino-alcohol motifs (C(OH)–C–C–N with tert-alkyl or cyclic N) is 1. The summed E-state index contributed by atoms with van der Waals surface area (Å²) in [5, 5.41) is 16.8. The van der Waals surface area contributed by atoms with E-state index in [1.165, 1.54) is 36.7 Å². The summed E-state index contributed by atoms with van der Waals surface area (Å²) in [5.41, 5.74) is 3.51. The van der Waals surface area contributed by atoms with E-state index in [1.54, 1.807) is 6.07 Å². The lowest BCUT2D eigenvalue weighted by atomic mass is 9.99. The Morgan fingerprint density at radius 2 is 2.10 bits per heavy atom. The number of aliphatic hydroxyl groups is 1.